The first-order chi connectivity index (χ1) is 6.18. The Labute approximate surface area is 86.5 Å². The number of aromatic nitrogens is 1. The van der Waals surface area contributed by atoms with Gasteiger partial charge in [0.05, 0.1) is 6.61 Å². The third-order valence-electron chi connectivity index (χ3n) is 2.37. The van der Waals surface area contributed by atoms with E-state index in [2.05, 4.69) is 27.8 Å². The smallest absolute Gasteiger partial charge is 0.213 e. The van der Waals surface area contributed by atoms with Crippen molar-refractivity contribution in [2.75, 3.05) is 6.61 Å². The fourth-order valence-electron chi connectivity index (χ4n) is 1.05. The predicted molar refractivity (Wildman–Crippen MR) is 54.8 cm³/mol. The molecular formula is C10H12BrNO. The summed E-state index contributed by atoms with van der Waals surface area (Å²) in [6, 6.07) is 3.83. The van der Waals surface area contributed by atoms with Crippen LogP contribution >= 0.6 is 15.9 Å². The molecule has 1 aromatic heterocycles. The van der Waals surface area contributed by atoms with Gasteiger partial charge >= 0.3 is 0 Å². The maximum absolute atomic E-state index is 5.56. The van der Waals surface area contributed by atoms with Crippen molar-refractivity contribution in [1.82, 2.24) is 4.98 Å². The van der Waals surface area contributed by atoms with E-state index in [4.69, 9.17) is 4.74 Å². The molecule has 1 fully saturated rings. The highest BCUT2D eigenvalue weighted by Gasteiger charge is 2.38. The molecule has 0 N–H and O–H groups in total. The fourth-order valence-corrected chi connectivity index (χ4v) is 1.29. The second-order valence-electron chi connectivity index (χ2n) is 3.91. The Morgan fingerprint density at radius 3 is 2.85 bits per heavy atom. The molecule has 0 spiro atoms. The molecule has 0 amide bonds. The van der Waals surface area contributed by atoms with E-state index in [9.17, 15) is 0 Å². The van der Waals surface area contributed by atoms with E-state index in [0.717, 1.165) is 17.0 Å². The van der Waals surface area contributed by atoms with E-state index in [1.807, 2.05) is 12.1 Å². The molecule has 1 heterocycles. The van der Waals surface area contributed by atoms with Gasteiger partial charge in [0.2, 0.25) is 5.88 Å². The van der Waals surface area contributed by atoms with Gasteiger partial charge in [-0.1, -0.05) is 6.92 Å². The van der Waals surface area contributed by atoms with Crippen LogP contribution in [0.3, 0.4) is 0 Å². The van der Waals surface area contributed by atoms with E-state index in [-0.39, 0.29) is 0 Å². The molecule has 3 heteroatoms. The molecule has 0 aliphatic heterocycles. The van der Waals surface area contributed by atoms with Gasteiger partial charge in [-0.2, -0.15) is 0 Å². The Morgan fingerprint density at radius 1 is 1.54 bits per heavy atom. The fraction of sp³-hybridized carbons (Fsp3) is 0.500. The van der Waals surface area contributed by atoms with Gasteiger partial charge in [-0.3, -0.25) is 0 Å². The van der Waals surface area contributed by atoms with Crippen LogP contribution in [0.25, 0.3) is 0 Å². The maximum atomic E-state index is 5.56. The topological polar surface area (TPSA) is 22.1 Å². The molecule has 0 radical (unpaired) electrons. The monoisotopic (exact) mass is 241 g/mol. The SMILES string of the molecule is CC1(COc2ccc(Br)cn2)CC1. The number of halogens is 1. The Hall–Kier alpha value is -0.570. The van der Waals surface area contributed by atoms with E-state index in [1.54, 1.807) is 6.20 Å². The molecule has 2 nitrogen and oxygen atoms in total. The molecule has 1 saturated carbocycles. The molecule has 0 saturated heterocycles. The van der Waals surface area contributed by atoms with Crippen LogP contribution in [0.4, 0.5) is 0 Å². The molecule has 0 unspecified atom stereocenters. The summed E-state index contributed by atoms with van der Waals surface area (Å²) in [5, 5.41) is 0. The summed E-state index contributed by atoms with van der Waals surface area (Å²) >= 11 is 3.33. The van der Waals surface area contributed by atoms with Crippen molar-refractivity contribution in [3.63, 3.8) is 0 Å². The number of hydrogen-bond acceptors (Lipinski definition) is 2. The average Bonchev–Trinajstić information content (AvgIpc) is 2.84. The maximum Gasteiger partial charge on any atom is 0.213 e. The highest BCUT2D eigenvalue weighted by atomic mass is 79.9. The molecule has 13 heavy (non-hydrogen) atoms. The minimum atomic E-state index is 0.425. The summed E-state index contributed by atoms with van der Waals surface area (Å²) in [5.41, 5.74) is 0.425. The van der Waals surface area contributed by atoms with Gasteiger partial charge in [0.1, 0.15) is 0 Å². The lowest BCUT2D eigenvalue weighted by Crippen LogP contribution is -2.09. The zero-order valence-corrected chi connectivity index (χ0v) is 9.17. The van der Waals surface area contributed by atoms with E-state index < -0.39 is 0 Å². The second-order valence-corrected chi connectivity index (χ2v) is 4.83. The van der Waals surface area contributed by atoms with Crippen LogP contribution in [0, 0.1) is 5.41 Å². The number of pyridine rings is 1. The molecule has 0 atom stereocenters. The summed E-state index contributed by atoms with van der Waals surface area (Å²) < 4.78 is 6.54. The van der Waals surface area contributed by atoms with Crippen molar-refractivity contribution in [2.45, 2.75) is 19.8 Å². The summed E-state index contributed by atoms with van der Waals surface area (Å²) in [6.45, 7) is 3.04. The van der Waals surface area contributed by atoms with E-state index >= 15 is 0 Å². The van der Waals surface area contributed by atoms with Crippen molar-refractivity contribution in [2.24, 2.45) is 5.41 Å². The van der Waals surface area contributed by atoms with Crippen LogP contribution in [0.15, 0.2) is 22.8 Å². The molecule has 0 bridgehead atoms. The van der Waals surface area contributed by atoms with E-state index in [0.29, 0.717) is 5.41 Å². The van der Waals surface area contributed by atoms with Crippen molar-refractivity contribution < 1.29 is 4.74 Å². The van der Waals surface area contributed by atoms with Gasteiger partial charge in [-0.25, -0.2) is 4.98 Å². The van der Waals surface area contributed by atoms with Gasteiger partial charge in [-0.15, -0.1) is 0 Å². The third-order valence-corrected chi connectivity index (χ3v) is 2.84. The minimum Gasteiger partial charge on any atom is -0.477 e. The number of hydrogen-bond donors (Lipinski definition) is 0. The second kappa shape index (κ2) is 3.29. The molecule has 0 aromatic carbocycles. The normalized spacial score (nSPS) is 18.3. The first-order valence-corrected chi connectivity index (χ1v) is 5.22. The number of nitrogens with zero attached hydrogens (tertiary/aromatic N) is 1. The number of rotatable bonds is 3. The number of ether oxygens (including phenoxy) is 1. The molecular weight excluding hydrogens is 230 g/mol. The summed E-state index contributed by atoms with van der Waals surface area (Å²) in [7, 11) is 0. The van der Waals surface area contributed by atoms with Crippen LogP contribution in [0.5, 0.6) is 5.88 Å². The summed E-state index contributed by atoms with van der Waals surface area (Å²) in [5.74, 6) is 0.719. The van der Waals surface area contributed by atoms with Crippen molar-refractivity contribution in [1.29, 1.82) is 0 Å². The molecule has 1 aromatic rings. The molecule has 1 aliphatic carbocycles. The largest absolute Gasteiger partial charge is 0.477 e. The molecule has 1 aliphatic rings. The Bertz CT molecular complexity index is 292. The quantitative estimate of drug-likeness (QED) is 0.812. The van der Waals surface area contributed by atoms with Gasteiger partial charge in [0.25, 0.3) is 0 Å². The highest BCUT2D eigenvalue weighted by Crippen LogP contribution is 2.44. The highest BCUT2D eigenvalue weighted by molar-refractivity contribution is 9.10. The molecule has 70 valence electrons. The van der Waals surface area contributed by atoms with Crippen LogP contribution in [-0.2, 0) is 0 Å². The van der Waals surface area contributed by atoms with Crippen LogP contribution in [0.2, 0.25) is 0 Å². The van der Waals surface area contributed by atoms with Gasteiger partial charge in [0.15, 0.2) is 0 Å². The minimum absolute atomic E-state index is 0.425. The lowest BCUT2D eigenvalue weighted by Gasteiger charge is -2.09. The Kier molecular flexibility index (Phi) is 2.28. The Morgan fingerprint density at radius 2 is 2.31 bits per heavy atom. The van der Waals surface area contributed by atoms with E-state index in [1.165, 1.54) is 12.8 Å². The lowest BCUT2D eigenvalue weighted by molar-refractivity contribution is 0.239. The lowest BCUT2D eigenvalue weighted by atomic mass is 10.2. The Balaban J connectivity index is 1.91. The van der Waals surface area contributed by atoms with Crippen molar-refractivity contribution in [3.05, 3.63) is 22.8 Å². The van der Waals surface area contributed by atoms with Gasteiger partial charge in [-0.05, 0) is 34.8 Å². The zero-order chi connectivity index (χ0) is 9.31. The standard InChI is InChI=1S/C10H12BrNO/c1-10(4-5-10)7-13-9-3-2-8(11)6-12-9/h2-3,6H,4-5,7H2,1H3. The van der Waals surface area contributed by atoms with Crippen molar-refractivity contribution >= 4 is 15.9 Å². The molecule has 2 rings (SSSR count). The van der Waals surface area contributed by atoms with Gasteiger partial charge < -0.3 is 4.74 Å². The average molecular weight is 242 g/mol. The first-order valence-electron chi connectivity index (χ1n) is 4.42. The van der Waals surface area contributed by atoms with Crippen molar-refractivity contribution in [3.8, 4) is 5.88 Å². The first kappa shape index (κ1) is 9.00. The summed E-state index contributed by atoms with van der Waals surface area (Å²) in [6.07, 6.45) is 4.32. The van der Waals surface area contributed by atoms with Crippen LogP contribution in [0.1, 0.15) is 19.8 Å². The zero-order valence-electron chi connectivity index (χ0n) is 7.59. The van der Waals surface area contributed by atoms with Crippen LogP contribution in [-0.4, -0.2) is 11.6 Å². The van der Waals surface area contributed by atoms with Crippen LogP contribution < -0.4 is 4.74 Å². The predicted octanol–water partition coefficient (Wildman–Crippen LogP) is 3.02. The third kappa shape index (κ3) is 2.44. The van der Waals surface area contributed by atoms with Gasteiger partial charge in [0, 0.05) is 22.2 Å². The summed E-state index contributed by atoms with van der Waals surface area (Å²) in [4.78, 5) is 4.14.